The maximum Gasteiger partial charge on any atom is 0.255 e. The monoisotopic (exact) mass is 354 g/mol. The fourth-order valence-corrected chi connectivity index (χ4v) is 2.33. The van der Waals surface area contributed by atoms with E-state index in [1.54, 1.807) is 0 Å². The Balaban J connectivity index is 1.80. The van der Waals surface area contributed by atoms with Gasteiger partial charge in [-0.2, -0.15) is 0 Å². The summed E-state index contributed by atoms with van der Waals surface area (Å²) >= 11 is 0. The number of rotatable bonds is 9. The first-order valence-corrected chi connectivity index (χ1v) is 8.73. The molecule has 0 aromatic heterocycles. The van der Waals surface area contributed by atoms with Gasteiger partial charge in [0.05, 0.1) is 6.54 Å². The average molecular weight is 354 g/mol. The van der Waals surface area contributed by atoms with Crippen molar-refractivity contribution in [2.24, 2.45) is 10.7 Å². The number of hydrogen-bond donors (Lipinski definition) is 3. The van der Waals surface area contributed by atoms with Crippen LogP contribution in [0.15, 0.2) is 59.6 Å². The van der Waals surface area contributed by atoms with Gasteiger partial charge in [0, 0.05) is 13.1 Å². The van der Waals surface area contributed by atoms with Crippen molar-refractivity contribution in [1.29, 1.82) is 0 Å². The van der Waals surface area contributed by atoms with Crippen molar-refractivity contribution in [2.45, 2.75) is 19.9 Å². The molecular weight excluding hydrogens is 328 g/mol. The van der Waals surface area contributed by atoms with Crippen molar-refractivity contribution in [3.8, 4) is 5.75 Å². The van der Waals surface area contributed by atoms with Crippen LogP contribution >= 0.6 is 0 Å². The average Bonchev–Trinajstić information content (AvgIpc) is 2.66. The molecule has 6 heteroatoms. The van der Waals surface area contributed by atoms with Crippen LogP contribution in [0.5, 0.6) is 5.75 Å². The number of nitrogens with two attached hydrogens (primary N) is 1. The lowest BCUT2D eigenvalue weighted by Crippen LogP contribution is -2.38. The molecule has 0 saturated carbocycles. The van der Waals surface area contributed by atoms with E-state index in [9.17, 15) is 4.79 Å². The summed E-state index contributed by atoms with van der Waals surface area (Å²) in [6, 6.07) is 17.8. The molecule has 0 radical (unpaired) electrons. The van der Waals surface area contributed by atoms with Crippen LogP contribution < -0.4 is 21.1 Å². The number of carbonyl (C=O) groups excluding carboxylic acids is 1. The second-order valence-electron chi connectivity index (χ2n) is 5.76. The molecule has 4 N–H and O–H groups in total. The summed E-state index contributed by atoms with van der Waals surface area (Å²) in [4.78, 5) is 15.3. The molecule has 0 aliphatic rings. The lowest BCUT2D eigenvalue weighted by molar-refractivity contribution is -0.119. The molecule has 138 valence electrons. The van der Waals surface area contributed by atoms with Gasteiger partial charge in [-0.05, 0) is 36.6 Å². The first-order chi connectivity index (χ1) is 12.7. The number of benzene rings is 2. The van der Waals surface area contributed by atoms with E-state index in [-0.39, 0.29) is 6.61 Å². The summed E-state index contributed by atoms with van der Waals surface area (Å²) in [6.45, 7) is 4.16. The summed E-state index contributed by atoms with van der Waals surface area (Å²) < 4.78 is 5.25. The van der Waals surface area contributed by atoms with Crippen molar-refractivity contribution >= 4 is 11.9 Å². The summed E-state index contributed by atoms with van der Waals surface area (Å²) in [5.41, 5.74) is 7.41. The Labute approximate surface area is 154 Å². The van der Waals surface area contributed by atoms with Crippen LogP contribution in [-0.2, 0) is 17.8 Å². The molecule has 2 aromatic rings. The first kappa shape index (κ1) is 19.3. The molecule has 0 unspecified atom stereocenters. The first-order valence-electron chi connectivity index (χ1n) is 8.73. The van der Waals surface area contributed by atoms with Crippen molar-refractivity contribution in [3.05, 3.63) is 65.7 Å². The Bertz CT molecular complexity index is 700. The van der Waals surface area contributed by atoms with Crippen LogP contribution in [0.3, 0.4) is 0 Å². The van der Waals surface area contributed by atoms with E-state index >= 15 is 0 Å². The maximum atomic E-state index is 10.7. The number of aliphatic imine (C=N–C) groups is 1. The second-order valence-corrected chi connectivity index (χ2v) is 5.76. The van der Waals surface area contributed by atoms with E-state index in [1.165, 1.54) is 11.1 Å². The lowest BCUT2D eigenvalue weighted by atomic mass is 10.1. The van der Waals surface area contributed by atoms with Crippen molar-refractivity contribution < 1.29 is 9.53 Å². The number of guanidine groups is 1. The molecule has 26 heavy (non-hydrogen) atoms. The third-order valence-electron chi connectivity index (χ3n) is 3.62. The fraction of sp³-hybridized carbons (Fsp3) is 0.300. The van der Waals surface area contributed by atoms with Gasteiger partial charge in [-0.1, -0.05) is 42.5 Å². The molecule has 0 heterocycles. The van der Waals surface area contributed by atoms with Crippen LogP contribution in [0.2, 0.25) is 0 Å². The lowest BCUT2D eigenvalue weighted by Gasteiger charge is -2.11. The van der Waals surface area contributed by atoms with E-state index in [4.69, 9.17) is 10.5 Å². The van der Waals surface area contributed by atoms with Crippen LogP contribution in [0.4, 0.5) is 0 Å². The van der Waals surface area contributed by atoms with Gasteiger partial charge in [0.1, 0.15) is 5.75 Å². The Hall–Kier alpha value is -3.02. The fourth-order valence-electron chi connectivity index (χ4n) is 2.33. The summed E-state index contributed by atoms with van der Waals surface area (Å²) in [7, 11) is 0. The number of nitrogens with zero attached hydrogens (tertiary/aromatic N) is 1. The minimum Gasteiger partial charge on any atom is -0.484 e. The molecule has 0 bridgehead atoms. The van der Waals surface area contributed by atoms with Gasteiger partial charge in [0.2, 0.25) is 0 Å². The zero-order valence-corrected chi connectivity index (χ0v) is 15.1. The largest absolute Gasteiger partial charge is 0.484 e. The molecule has 1 amide bonds. The third-order valence-corrected chi connectivity index (χ3v) is 3.62. The molecule has 0 spiro atoms. The highest BCUT2D eigenvalue weighted by atomic mass is 16.5. The van der Waals surface area contributed by atoms with Crippen LogP contribution in [0.1, 0.15) is 18.1 Å². The predicted molar refractivity (Wildman–Crippen MR) is 104 cm³/mol. The smallest absolute Gasteiger partial charge is 0.255 e. The highest BCUT2D eigenvalue weighted by Crippen LogP contribution is 2.12. The van der Waals surface area contributed by atoms with E-state index in [0.717, 1.165) is 25.5 Å². The number of nitrogens with one attached hydrogen (secondary N) is 2. The standard InChI is InChI=1S/C20H26N4O2/c1-2-22-20(24-14-17-6-4-3-5-7-17)23-13-12-16-8-10-18(11-9-16)26-15-19(21)25/h3-11H,2,12-15H2,1H3,(H2,21,25)(H2,22,23,24). The molecule has 2 aromatic carbocycles. The molecule has 0 aliphatic heterocycles. The zero-order valence-electron chi connectivity index (χ0n) is 15.1. The van der Waals surface area contributed by atoms with Gasteiger partial charge in [-0.15, -0.1) is 0 Å². The molecular formula is C20H26N4O2. The molecule has 0 aliphatic carbocycles. The van der Waals surface area contributed by atoms with Crippen LogP contribution in [0.25, 0.3) is 0 Å². The number of carbonyl (C=O) groups is 1. The molecule has 0 fully saturated rings. The summed E-state index contributed by atoms with van der Waals surface area (Å²) in [5, 5.41) is 6.59. The molecule has 2 rings (SSSR count). The number of amides is 1. The van der Waals surface area contributed by atoms with E-state index in [2.05, 4.69) is 27.8 Å². The highest BCUT2D eigenvalue weighted by Gasteiger charge is 2.00. The minimum atomic E-state index is -0.482. The van der Waals surface area contributed by atoms with Crippen LogP contribution in [-0.4, -0.2) is 31.6 Å². The van der Waals surface area contributed by atoms with E-state index in [1.807, 2.05) is 49.4 Å². The van der Waals surface area contributed by atoms with Gasteiger partial charge in [-0.3, -0.25) is 4.79 Å². The zero-order chi connectivity index (χ0) is 18.6. The van der Waals surface area contributed by atoms with Crippen molar-refractivity contribution in [2.75, 3.05) is 19.7 Å². The quantitative estimate of drug-likeness (QED) is 0.474. The predicted octanol–water partition coefficient (Wildman–Crippen LogP) is 1.85. The van der Waals surface area contributed by atoms with E-state index in [0.29, 0.717) is 12.3 Å². The number of primary amides is 1. The third kappa shape index (κ3) is 7.25. The van der Waals surface area contributed by atoms with Crippen molar-refractivity contribution in [1.82, 2.24) is 10.6 Å². The topological polar surface area (TPSA) is 88.7 Å². The number of ether oxygens (including phenoxy) is 1. The highest BCUT2D eigenvalue weighted by molar-refractivity contribution is 5.79. The maximum absolute atomic E-state index is 10.7. The van der Waals surface area contributed by atoms with Crippen LogP contribution in [0, 0.1) is 0 Å². The Morgan fingerprint density at radius 3 is 2.42 bits per heavy atom. The Morgan fingerprint density at radius 1 is 1.04 bits per heavy atom. The van der Waals surface area contributed by atoms with Gasteiger partial charge in [-0.25, -0.2) is 4.99 Å². The van der Waals surface area contributed by atoms with Crippen molar-refractivity contribution in [3.63, 3.8) is 0 Å². The molecule has 0 saturated heterocycles. The normalized spacial score (nSPS) is 11.0. The Kier molecular flexibility index (Phi) is 7.99. The number of hydrogen-bond acceptors (Lipinski definition) is 3. The second kappa shape index (κ2) is 10.8. The summed E-state index contributed by atoms with van der Waals surface area (Å²) in [6.07, 6.45) is 0.853. The van der Waals surface area contributed by atoms with Gasteiger partial charge in [0.15, 0.2) is 12.6 Å². The van der Waals surface area contributed by atoms with Gasteiger partial charge < -0.3 is 21.1 Å². The molecule has 0 atom stereocenters. The minimum absolute atomic E-state index is 0.106. The molecule has 6 nitrogen and oxygen atoms in total. The SMILES string of the molecule is CCNC(=NCc1ccccc1)NCCc1ccc(OCC(N)=O)cc1. The van der Waals surface area contributed by atoms with E-state index < -0.39 is 5.91 Å². The Morgan fingerprint density at radius 2 is 1.77 bits per heavy atom. The van der Waals surface area contributed by atoms with Gasteiger partial charge >= 0.3 is 0 Å². The summed E-state index contributed by atoms with van der Waals surface area (Å²) in [5.74, 6) is 0.958. The van der Waals surface area contributed by atoms with Gasteiger partial charge in [0.25, 0.3) is 5.91 Å².